The molecule has 0 aromatic heterocycles. The van der Waals surface area contributed by atoms with E-state index in [9.17, 15) is 13.2 Å². The van der Waals surface area contributed by atoms with Crippen molar-refractivity contribution < 1.29 is 13.2 Å². The van der Waals surface area contributed by atoms with Crippen LogP contribution >= 0.6 is 12.2 Å². The minimum Gasteiger partial charge on any atom is -0.361 e. The highest BCUT2D eigenvalue weighted by atomic mass is 32.2. The normalized spacial score (nSPS) is 19.8. The summed E-state index contributed by atoms with van der Waals surface area (Å²) in [6.45, 7) is 5.08. The van der Waals surface area contributed by atoms with E-state index < -0.39 is 10.0 Å². The highest BCUT2D eigenvalue weighted by molar-refractivity contribution is 7.89. The van der Waals surface area contributed by atoms with Gasteiger partial charge in [0.2, 0.25) is 15.9 Å². The zero-order chi connectivity index (χ0) is 15.9. The van der Waals surface area contributed by atoms with Crippen molar-refractivity contribution in [3.63, 3.8) is 0 Å². The van der Waals surface area contributed by atoms with Gasteiger partial charge in [-0.3, -0.25) is 15.6 Å². The van der Waals surface area contributed by atoms with Crippen molar-refractivity contribution in [3.8, 4) is 0 Å². The van der Waals surface area contributed by atoms with Crippen LogP contribution in [0, 0.1) is 5.92 Å². The molecule has 7 nitrogen and oxygen atoms in total. The number of piperidine rings is 1. The Morgan fingerprint density at radius 1 is 1.33 bits per heavy atom. The first-order chi connectivity index (χ1) is 9.90. The van der Waals surface area contributed by atoms with Crippen LogP contribution in [0.1, 0.15) is 33.1 Å². The Labute approximate surface area is 131 Å². The number of hydrazine groups is 1. The summed E-state index contributed by atoms with van der Waals surface area (Å²) in [4.78, 5) is 12.1. The first-order valence-corrected chi connectivity index (χ1v) is 9.24. The van der Waals surface area contributed by atoms with Crippen LogP contribution < -0.4 is 16.2 Å². The van der Waals surface area contributed by atoms with Gasteiger partial charge in [0.15, 0.2) is 5.11 Å². The molecule has 1 amide bonds. The van der Waals surface area contributed by atoms with Crippen LogP contribution in [0.25, 0.3) is 0 Å². The summed E-state index contributed by atoms with van der Waals surface area (Å²) in [5.41, 5.74) is 5.17. The van der Waals surface area contributed by atoms with Crippen molar-refractivity contribution in [2.24, 2.45) is 5.92 Å². The van der Waals surface area contributed by atoms with E-state index in [4.69, 9.17) is 12.2 Å². The molecular weight excluding hydrogens is 312 g/mol. The molecule has 1 atom stereocenters. The SMILES string of the molecule is CCCNC(=S)NNC(=O)[C@H]1CCCN(S(=O)(=O)CC)C1. The van der Waals surface area contributed by atoms with Crippen molar-refractivity contribution in [1.82, 2.24) is 20.5 Å². The molecule has 0 aliphatic carbocycles. The number of rotatable bonds is 5. The lowest BCUT2D eigenvalue weighted by Crippen LogP contribution is -2.52. The quantitative estimate of drug-likeness (QED) is 0.482. The number of amides is 1. The summed E-state index contributed by atoms with van der Waals surface area (Å²) < 4.78 is 25.1. The van der Waals surface area contributed by atoms with Gasteiger partial charge in [-0.1, -0.05) is 6.92 Å². The summed E-state index contributed by atoms with van der Waals surface area (Å²) in [5.74, 6) is -0.516. The Morgan fingerprint density at radius 2 is 2.05 bits per heavy atom. The summed E-state index contributed by atoms with van der Waals surface area (Å²) in [7, 11) is -3.24. The van der Waals surface area contributed by atoms with E-state index in [-0.39, 0.29) is 24.1 Å². The predicted octanol–water partition coefficient (Wildman–Crippen LogP) is -0.0466. The second-order valence-corrected chi connectivity index (χ2v) is 7.63. The third-order valence-corrected chi connectivity index (χ3v) is 5.44. The zero-order valence-electron chi connectivity index (χ0n) is 12.5. The van der Waals surface area contributed by atoms with Crippen LogP contribution in [0.3, 0.4) is 0 Å². The number of carbonyl (C=O) groups excluding carboxylic acids is 1. The molecule has 9 heteroatoms. The van der Waals surface area contributed by atoms with E-state index in [1.54, 1.807) is 6.92 Å². The smallest absolute Gasteiger partial charge is 0.242 e. The lowest BCUT2D eigenvalue weighted by atomic mass is 9.99. The summed E-state index contributed by atoms with van der Waals surface area (Å²) in [6, 6.07) is 0. The Bertz CT molecular complexity index is 467. The lowest BCUT2D eigenvalue weighted by molar-refractivity contribution is -0.126. The van der Waals surface area contributed by atoms with E-state index in [1.165, 1.54) is 4.31 Å². The number of hydrogen-bond donors (Lipinski definition) is 3. The maximum atomic E-state index is 12.1. The largest absolute Gasteiger partial charge is 0.361 e. The molecule has 0 radical (unpaired) electrons. The molecule has 21 heavy (non-hydrogen) atoms. The first-order valence-electron chi connectivity index (χ1n) is 7.22. The third-order valence-electron chi connectivity index (χ3n) is 3.35. The number of sulfonamides is 1. The third kappa shape index (κ3) is 5.76. The molecule has 1 rings (SSSR count). The molecule has 0 aromatic carbocycles. The van der Waals surface area contributed by atoms with Crippen LogP contribution in [0.15, 0.2) is 0 Å². The molecule has 1 heterocycles. The molecule has 0 spiro atoms. The van der Waals surface area contributed by atoms with Crippen molar-refractivity contribution in [3.05, 3.63) is 0 Å². The van der Waals surface area contributed by atoms with Crippen molar-refractivity contribution in [1.29, 1.82) is 0 Å². The second kappa shape index (κ2) is 8.50. The topological polar surface area (TPSA) is 90.5 Å². The minimum absolute atomic E-state index is 0.0601. The van der Waals surface area contributed by atoms with E-state index in [2.05, 4.69) is 16.2 Å². The minimum atomic E-state index is -3.24. The van der Waals surface area contributed by atoms with Gasteiger partial charge in [-0.15, -0.1) is 0 Å². The fourth-order valence-electron chi connectivity index (χ4n) is 2.09. The highest BCUT2D eigenvalue weighted by Crippen LogP contribution is 2.19. The molecule has 0 unspecified atom stereocenters. The van der Waals surface area contributed by atoms with Crippen LogP contribution in [0.2, 0.25) is 0 Å². The van der Waals surface area contributed by atoms with Crippen LogP contribution in [-0.4, -0.2) is 49.1 Å². The van der Waals surface area contributed by atoms with Crippen LogP contribution in [0.5, 0.6) is 0 Å². The van der Waals surface area contributed by atoms with Crippen molar-refractivity contribution in [2.75, 3.05) is 25.4 Å². The molecule has 1 saturated heterocycles. The Kier molecular flexibility index (Phi) is 7.33. The maximum Gasteiger partial charge on any atom is 0.242 e. The van der Waals surface area contributed by atoms with Gasteiger partial charge in [-0.2, -0.15) is 0 Å². The molecule has 0 aromatic rings. The fourth-order valence-corrected chi connectivity index (χ4v) is 3.43. The molecule has 122 valence electrons. The van der Waals surface area contributed by atoms with Crippen molar-refractivity contribution >= 4 is 33.3 Å². The van der Waals surface area contributed by atoms with Gasteiger partial charge in [0.05, 0.1) is 11.7 Å². The summed E-state index contributed by atoms with van der Waals surface area (Å²) >= 11 is 5.00. The second-order valence-electron chi connectivity index (χ2n) is 4.97. The van der Waals surface area contributed by atoms with E-state index in [0.717, 1.165) is 13.0 Å². The number of hydrogen-bond acceptors (Lipinski definition) is 4. The van der Waals surface area contributed by atoms with Gasteiger partial charge in [0, 0.05) is 19.6 Å². The van der Waals surface area contributed by atoms with Gasteiger partial charge in [-0.25, -0.2) is 12.7 Å². The highest BCUT2D eigenvalue weighted by Gasteiger charge is 2.31. The van der Waals surface area contributed by atoms with Crippen LogP contribution in [0.4, 0.5) is 0 Å². The molecule has 0 bridgehead atoms. The molecule has 1 fully saturated rings. The fraction of sp³-hybridized carbons (Fsp3) is 0.833. The first kappa shape index (κ1) is 18.1. The number of nitrogens with one attached hydrogen (secondary N) is 3. The van der Waals surface area contributed by atoms with Gasteiger partial charge in [0.1, 0.15) is 0 Å². The predicted molar refractivity (Wildman–Crippen MR) is 85.9 cm³/mol. The Balaban J connectivity index is 2.45. The standard InChI is InChI=1S/C12H24N4O3S2/c1-3-7-13-12(20)15-14-11(17)10-6-5-8-16(9-10)21(18,19)4-2/h10H,3-9H2,1-2H3,(H,14,17)(H2,13,15,20)/t10-/m0/s1. The van der Waals surface area contributed by atoms with Crippen molar-refractivity contribution in [2.45, 2.75) is 33.1 Å². The summed E-state index contributed by atoms with van der Waals surface area (Å²) in [6.07, 6.45) is 2.30. The Morgan fingerprint density at radius 3 is 2.67 bits per heavy atom. The lowest BCUT2D eigenvalue weighted by Gasteiger charge is -2.30. The molecule has 0 saturated carbocycles. The average molecular weight is 336 g/mol. The van der Waals surface area contributed by atoms with Gasteiger partial charge < -0.3 is 5.32 Å². The molecule has 1 aliphatic rings. The zero-order valence-corrected chi connectivity index (χ0v) is 14.1. The monoisotopic (exact) mass is 336 g/mol. The number of nitrogens with zero attached hydrogens (tertiary/aromatic N) is 1. The molecular formula is C12H24N4O3S2. The molecule has 3 N–H and O–H groups in total. The Hall–Kier alpha value is -0.930. The molecule has 1 aliphatic heterocycles. The van der Waals surface area contributed by atoms with Gasteiger partial charge >= 0.3 is 0 Å². The number of thiocarbonyl (C=S) groups is 1. The van der Waals surface area contributed by atoms with Gasteiger partial charge in [0.25, 0.3) is 0 Å². The van der Waals surface area contributed by atoms with E-state index in [1.807, 2.05) is 6.92 Å². The number of carbonyl (C=O) groups is 1. The van der Waals surface area contributed by atoms with Crippen LogP contribution in [-0.2, 0) is 14.8 Å². The van der Waals surface area contributed by atoms with Gasteiger partial charge in [-0.05, 0) is 38.4 Å². The van der Waals surface area contributed by atoms with E-state index >= 15 is 0 Å². The summed E-state index contributed by atoms with van der Waals surface area (Å²) in [5, 5.41) is 3.29. The van der Waals surface area contributed by atoms with E-state index in [0.29, 0.717) is 24.5 Å². The maximum absolute atomic E-state index is 12.1. The average Bonchev–Trinajstić information content (AvgIpc) is 2.50.